The monoisotopic (exact) mass is 601 g/mol. The first-order valence-corrected chi connectivity index (χ1v) is 14.1. The fourth-order valence-electron chi connectivity index (χ4n) is 6.06. The van der Waals surface area contributed by atoms with Gasteiger partial charge in [-0.05, 0) is 24.5 Å². The molecule has 212 valence electrons. The van der Waals surface area contributed by atoms with Crippen LogP contribution < -0.4 is 15.4 Å². The molecule has 2 unspecified atom stereocenters. The van der Waals surface area contributed by atoms with Crippen LogP contribution in [0.3, 0.4) is 0 Å². The van der Waals surface area contributed by atoms with Gasteiger partial charge in [0.2, 0.25) is 0 Å². The molecule has 1 saturated heterocycles. The van der Waals surface area contributed by atoms with Crippen molar-refractivity contribution in [2.24, 2.45) is 10.9 Å². The number of halogens is 5. The van der Waals surface area contributed by atoms with Crippen molar-refractivity contribution in [3.8, 4) is 22.9 Å². The van der Waals surface area contributed by atoms with E-state index in [4.69, 9.17) is 22.1 Å². The highest BCUT2D eigenvalue weighted by Gasteiger charge is 2.45. The molecule has 41 heavy (non-hydrogen) atoms. The second kappa shape index (κ2) is 9.96. The summed E-state index contributed by atoms with van der Waals surface area (Å²) in [4.78, 5) is 8.06. The predicted octanol–water partition coefficient (Wildman–Crippen LogP) is 7.63. The summed E-state index contributed by atoms with van der Waals surface area (Å²) in [6, 6.07) is 4.20. The van der Waals surface area contributed by atoms with Gasteiger partial charge < -0.3 is 20.3 Å². The molecular weight excluding hydrogens is 578 g/mol. The van der Waals surface area contributed by atoms with Crippen LogP contribution in [0.1, 0.15) is 25.3 Å². The van der Waals surface area contributed by atoms with Crippen LogP contribution in [0.25, 0.3) is 21.2 Å². The van der Waals surface area contributed by atoms with Gasteiger partial charge in [0.15, 0.2) is 11.6 Å². The van der Waals surface area contributed by atoms with Gasteiger partial charge in [-0.15, -0.1) is 11.3 Å². The van der Waals surface area contributed by atoms with E-state index in [1.165, 1.54) is 12.1 Å². The minimum atomic E-state index is -2.66. The van der Waals surface area contributed by atoms with Gasteiger partial charge in [-0.1, -0.05) is 37.7 Å². The summed E-state index contributed by atoms with van der Waals surface area (Å²) in [5.41, 5.74) is 7.34. The molecule has 0 amide bonds. The summed E-state index contributed by atoms with van der Waals surface area (Å²) < 4.78 is 64.4. The highest BCUT2D eigenvalue weighted by atomic mass is 35.5. The first kappa shape index (κ1) is 27.4. The number of rotatable bonds is 5. The summed E-state index contributed by atoms with van der Waals surface area (Å²) in [5, 5.41) is 9.98. The number of hydrogen-bond donors (Lipinski definition) is 1. The van der Waals surface area contributed by atoms with Crippen LogP contribution in [0, 0.1) is 28.9 Å². The molecule has 2 N–H and O–H groups in total. The third-order valence-corrected chi connectivity index (χ3v) is 9.48. The average Bonchev–Trinajstić information content (AvgIpc) is 3.57. The van der Waals surface area contributed by atoms with E-state index < -0.39 is 18.1 Å². The normalized spacial score (nSPS) is 19.9. The first-order chi connectivity index (χ1) is 19.6. The van der Waals surface area contributed by atoms with Crippen LogP contribution in [0.5, 0.6) is 5.75 Å². The molecule has 6 nitrogen and oxygen atoms in total. The van der Waals surface area contributed by atoms with Gasteiger partial charge in [-0.3, -0.25) is 0 Å². The number of thiophene rings is 1. The van der Waals surface area contributed by atoms with Gasteiger partial charge >= 0.3 is 0 Å². The maximum Gasteiger partial charge on any atom is 0.277 e. The van der Waals surface area contributed by atoms with Crippen molar-refractivity contribution in [3.63, 3.8) is 0 Å². The molecule has 3 aliphatic rings. The van der Waals surface area contributed by atoms with Gasteiger partial charge in [-0.2, -0.15) is 5.26 Å². The number of nitrogen functional groups attached to an aromatic ring is 1. The standard InChI is InChI=1S/C29H24ClF4N5OS/c1-4-18-12(2)39-19(14-7-8-38(10-14)13(3)28(33)34)11-40-26-22(30)21(23(32)24(37-18)25(26)39)15-5-6-17(31)27-20(15)16(9-35)29(36)41-27/h5-6,14,19,28H,2-4,7-8,10-11,36H2,1H3. The first-order valence-electron chi connectivity index (χ1n) is 13.0. The Morgan fingerprint density at radius 2 is 2.12 bits per heavy atom. The summed E-state index contributed by atoms with van der Waals surface area (Å²) in [6.45, 7) is 10.5. The molecule has 3 aromatic rings. The zero-order valence-electron chi connectivity index (χ0n) is 21.9. The fourth-order valence-corrected chi connectivity index (χ4v) is 7.34. The molecule has 6 rings (SSSR count). The number of nitrogens with zero attached hydrogens (tertiary/aromatic N) is 4. The third kappa shape index (κ3) is 3.99. The lowest BCUT2D eigenvalue weighted by Gasteiger charge is -2.45. The van der Waals surface area contributed by atoms with E-state index in [0.29, 0.717) is 43.0 Å². The lowest BCUT2D eigenvalue weighted by molar-refractivity contribution is 0.146. The molecule has 0 saturated carbocycles. The van der Waals surface area contributed by atoms with Crippen LogP contribution in [-0.4, -0.2) is 42.8 Å². The molecular formula is C29H24ClF4N5OS. The highest BCUT2D eigenvalue weighted by Crippen LogP contribution is 2.57. The van der Waals surface area contributed by atoms with Crippen LogP contribution in [0.4, 0.5) is 33.9 Å². The van der Waals surface area contributed by atoms with E-state index in [9.17, 15) is 18.4 Å². The Morgan fingerprint density at radius 3 is 2.80 bits per heavy atom. The van der Waals surface area contributed by atoms with Crippen molar-refractivity contribution in [2.45, 2.75) is 32.2 Å². The number of aliphatic imine (C=N–C) groups is 1. The van der Waals surface area contributed by atoms with Crippen molar-refractivity contribution in [3.05, 3.63) is 58.9 Å². The van der Waals surface area contributed by atoms with E-state index >= 15 is 4.39 Å². The highest BCUT2D eigenvalue weighted by molar-refractivity contribution is 7.23. The maximum absolute atomic E-state index is 16.7. The number of alkyl halides is 2. The van der Waals surface area contributed by atoms with E-state index in [-0.39, 0.29) is 72.5 Å². The zero-order chi connectivity index (χ0) is 29.3. The molecule has 12 heteroatoms. The van der Waals surface area contributed by atoms with Crippen LogP contribution >= 0.6 is 22.9 Å². The lowest BCUT2D eigenvalue weighted by Crippen LogP contribution is -2.50. The fraction of sp³-hybridized carbons (Fsp3) is 0.310. The van der Waals surface area contributed by atoms with E-state index in [1.807, 2.05) is 17.9 Å². The number of allylic oxidation sites excluding steroid dienone is 2. The molecule has 4 heterocycles. The van der Waals surface area contributed by atoms with E-state index in [2.05, 4.69) is 18.2 Å². The minimum Gasteiger partial charge on any atom is -0.488 e. The van der Waals surface area contributed by atoms with Crippen LogP contribution in [0.2, 0.25) is 5.02 Å². The minimum absolute atomic E-state index is 0.0145. The number of likely N-dealkylation sites (tertiary alicyclic amines) is 1. The van der Waals surface area contributed by atoms with Gasteiger partial charge in [0, 0.05) is 30.0 Å². The van der Waals surface area contributed by atoms with Crippen molar-refractivity contribution < 1.29 is 22.3 Å². The van der Waals surface area contributed by atoms with Gasteiger partial charge in [0.25, 0.3) is 6.43 Å². The molecule has 0 bridgehead atoms. The van der Waals surface area contributed by atoms with E-state index in [1.54, 1.807) is 4.90 Å². The Kier molecular flexibility index (Phi) is 6.66. The average molecular weight is 602 g/mol. The van der Waals surface area contributed by atoms with Crippen molar-refractivity contribution in [2.75, 3.05) is 30.3 Å². The predicted molar refractivity (Wildman–Crippen MR) is 154 cm³/mol. The molecule has 0 spiro atoms. The molecule has 3 aliphatic heterocycles. The molecule has 0 aliphatic carbocycles. The quantitative estimate of drug-likeness (QED) is 0.304. The molecule has 2 aromatic carbocycles. The number of fused-ring (bicyclic) bond motifs is 1. The van der Waals surface area contributed by atoms with Gasteiger partial charge in [-0.25, -0.2) is 22.6 Å². The smallest absolute Gasteiger partial charge is 0.277 e. The number of ether oxygens (including phenoxy) is 1. The summed E-state index contributed by atoms with van der Waals surface area (Å²) >= 11 is 7.78. The number of anilines is 2. The van der Waals surface area contributed by atoms with Crippen molar-refractivity contribution in [1.29, 1.82) is 5.26 Å². The molecule has 1 aromatic heterocycles. The van der Waals surface area contributed by atoms with Crippen LogP contribution in [-0.2, 0) is 0 Å². The van der Waals surface area contributed by atoms with Crippen molar-refractivity contribution in [1.82, 2.24) is 4.90 Å². The maximum atomic E-state index is 16.7. The molecule has 2 atom stereocenters. The second-order valence-electron chi connectivity index (χ2n) is 10.2. The van der Waals surface area contributed by atoms with Crippen molar-refractivity contribution >= 4 is 55.1 Å². The Balaban J connectivity index is 1.54. The number of benzene rings is 2. The number of nitrogens with two attached hydrogens (primary N) is 1. The molecule has 0 radical (unpaired) electrons. The largest absolute Gasteiger partial charge is 0.488 e. The molecule has 1 fully saturated rings. The Morgan fingerprint density at radius 1 is 1.37 bits per heavy atom. The number of nitriles is 1. The Labute approximate surface area is 242 Å². The second-order valence-corrected chi connectivity index (χ2v) is 11.6. The zero-order valence-corrected chi connectivity index (χ0v) is 23.5. The lowest BCUT2D eigenvalue weighted by atomic mass is 9.91. The van der Waals surface area contributed by atoms with Gasteiger partial charge in [0.1, 0.15) is 34.9 Å². The summed E-state index contributed by atoms with van der Waals surface area (Å²) in [6.07, 6.45) is -1.60. The third-order valence-electron chi connectivity index (χ3n) is 8.09. The topological polar surface area (TPSA) is 77.9 Å². The Hall–Kier alpha value is -3.75. The van der Waals surface area contributed by atoms with E-state index in [0.717, 1.165) is 11.3 Å². The summed E-state index contributed by atoms with van der Waals surface area (Å²) in [5.74, 6) is -1.28. The summed E-state index contributed by atoms with van der Waals surface area (Å²) in [7, 11) is 0. The Bertz CT molecular complexity index is 1730. The number of hydrogen-bond acceptors (Lipinski definition) is 7. The van der Waals surface area contributed by atoms with Crippen LogP contribution in [0.15, 0.2) is 41.7 Å². The van der Waals surface area contributed by atoms with Gasteiger partial charge in [0.05, 0.1) is 38.4 Å². The SMILES string of the molecule is C=C(C(F)F)N1CCC(C2COc3c(Cl)c(-c4ccc(F)c5sc(N)c(C#N)c45)c(F)c4c3N2C(=C)C(CC)=N4)C1.